The number of nitrogens with zero attached hydrogens (tertiary/aromatic N) is 4. The Bertz CT molecular complexity index is 1160. The lowest BCUT2D eigenvalue weighted by molar-refractivity contribution is -0.208. The zero-order chi connectivity index (χ0) is 23.1. The summed E-state index contributed by atoms with van der Waals surface area (Å²) >= 11 is 0. The van der Waals surface area contributed by atoms with E-state index in [-0.39, 0.29) is 11.3 Å². The number of benzene rings is 1. The van der Waals surface area contributed by atoms with Gasteiger partial charge in [0.2, 0.25) is 5.88 Å². The fourth-order valence-corrected chi connectivity index (χ4v) is 3.39. The van der Waals surface area contributed by atoms with Gasteiger partial charge in [-0.15, -0.1) is 0 Å². The maximum absolute atomic E-state index is 14.7. The van der Waals surface area contributed by atoms with Crippen molar-refractivity contribution in [2.75, 3.05) is 7.11 Å². The zero-order valence-electron chi connectivity index (χ0n) is 16.9. The second-order valence-corrected chi connectivity index (χ2v) is 7.29. The number of hydrogen-bond acceptors (Lipinski definition) is 8. The Morgan fingerprint density at radius 3 is 2.59 bits per heavy atom. The summed E-state index contributed by atoms with van der Waals surface area (Å²) in [4.78, 5) is 12.2. The smallest absolute Gasteiger partial charge is 0.425 e. The molecule has 0 bridgehead atoms. The number of alkyl halides is 3. The summed E-state index contributed by atoms with van der Waals surface area (Å²) in [6, 6.07) is 4.78. The van der Waals surface area contributed by atoms with E-state index in [1.54, 1.807) is 6.07 Å². The predicted molar refractivity (Wildman–Crippen MR) is 104 cm³/mol. The fraction of sp³-hybridized carbons (Fsp3) is 0.300. The number of halogens is 4. The second kappa shape index (κ2) is 7.77. The molecule has 8 nitrogen and oxygen atoms in total. The van der Waals surface area contributed by atoms with Crippen LogP contribution in [0.5, 0.6) is 5.88 Å². The highest BCUT2D eigenvalue weighted by Crippen LogP contribution is 2.41. The topological polar surface area (TPSA) is 109 Å². The number of methoxy groups -OCH3 is 1. The summed E-state index contributed by atoms with van der Waals surface area (Å²) in [5.41, 5.74) is 4.94. The number of aliphatic imine (C=N–C) groups is 1. The highest BCUT2D eigenvalue weighted by atomic mass is 19.4. The molecule has 3 aromatic rings. The van der Waals surface area contributed by atoms with E-state index in [0.29, 0.717) is 22.8 Å². The molecule has 1 aromatic carbocycles. The van der Waals surface area contributed by atoms with Crippen LogP contribution < -0.4 is 10.5 Å². The molecule has 1 aliphatic rings. The first kappa shape index (κ1) is 21.5. The van der Waals surface area contributed by atoms with Gasteiger partial charge in [-0.25, -0.2) is 19.4 Å². The fourth-order valence-electron chi connectivity index (χ4n) is 3.39. The van der Waals surface area contributed by atoms with E-state index in [9.17, 15) is 17.6 Å². The van der Waals surface area contributed by atoms with Gasteiger partial charge in [-0.05, 0) is 25.1 Å². The van der Waals surface area contributed by atoms with E-state index in [0.717, 1.165) is 6.07 Å². The van der Waals surface area contributed by atoms with Gasteiger partial charge in [0, 0.05) is 23.6 Å². The van der Waals surface area contributed by atoms with Crippen LogP contribution in [0.1, 0.15) is 18.9 Å². The average Bonchev–Trinajstić information content (AvgIpc) is 3.23. The van der Waals surface area contributed by atoms with Gasteiger partial charge < -0.3 is 19.7 Å². The number of ether oxygens (including phenoxy) is 2. The molecule has 0 spiro atoms. The Morgan fingerprint density at radius 1 is 1.16 bits per heavy atom. The van der Waals surface area contributed by atoms with Crippen molar-refractivity contribution in [1.82, 2.24) is 15.1 Å². The van der Waals surface area contributed by atoms with Gasteiger partial charge in [0.05, 0.1) is 25.0 Å². The summed E-state index contributed by atoms with van der Waals surface area (Å²) in [5.74, 6) is -0.169. The van der Waals surface area contributed by atoms with Crippen LogP contribution in [0.2, 0.25) is 0 Å². The molecule has 0 saturated carbocycles. The van der Waals surface area contributed by atoms with Crippen LogP contribution in [0, 0.1) is 5.82 Å². The standard InChI is InChI=1S/C20H17F4N5O3/c1-19(7-16(20(22,23)24)31-18(25)28-19)11-5-10(3-4-12(11)21)15-6-13(29-32-15)14-8-27-17(30-2)9-26-14/h3-6,8-9,16H,7H2,1-2H3,(H2,25,28)/t16-,19-/m0/s1. The van der Waals surface area contributed by atoms with Crippen molar-refractivity contribution in [3.8, 4) is 28.6 Å². The molecule has 4 rings (SSSR count). The largest absolute Gasteiger partial charge is 0.480 e. The quantitative estimate of drug-likeness (QED) is 0.601. The van der Waals surface area contributed by atoms with Crippen LogP contribution in [0.15, 0.2) is 46.2 Å². The summed E-state index contributed by atoms with van der Waals surface area (Å²) in [6.45, 7) is 1.36. The SMILES string of the molecule is COc1cnc(-c2cc(-c3ccc(F)c([C@]4(C)C[C@@H](C(F)(F)F)OC(N)=N4)c3)on2)cn1. The van der Waals surface area contributed by atoms with E-state index in [4.69, 9.17) is 15.0 Å². The van der Waals surface area contributed by atoms with Gasteiger partial charge in [-0.3, -0.25) is 0 Å². The molecule has 0 unspecified atom stereocenters. The first-order valence-electron chi connectivity index (χ1n) is 9.31. The molecule has 168 valence electrons. The van der Waals surface area contributed by atoms with E-state index in [2.05, 4.69) is 24.9 Å². The summed E-state index contributed by atoms with van der Waals surface area (Å²) < 4.78 is 69.4. The van der Waals surface area contributed by atoms with Gasteiger partial charge in [0.25, 0.3) is 6.02 Å². The molecule has 0 radical (unpaired) electrons. The molecule has 0 saturated heterocycles. The molecule has 32 heavy (non-hydrogen) atoms. The number of hydrogen-bond donors (Lipinski definition) is 1. The average molecular weight is 451 g/mol. The molecule has 2 aromatic heterocycles. The number of nitrogens with two attached hydrogens (primary N) is 1. The van der Waals surface area contributed by atoms with Gasteiger partial charge in [-0.2, -0.15) is 13.2 Å². The van der Waals surface area contributed by atoms with Crippen molar-refractivity contribution in [1.29, 1.82) is 0 Å². The van der Waals surface area contributed by atoms with Crippen LogP contribution in [0.4, 0.5) is 17.6 Å². The third-order valence-corrected chi connectivity index (χ3v) is 5.01. The van der Waals surface area contributed by atoms with Gasteiger partial charge >= 0.3 is 6.18 Å². The maximum atomic E-state index is 14.7. The lowest BCUT2D eigenvalue weighted by Crippen LogP contribution is -2.46. The molecule has 12 heteroatoms. The zero-order valence-corrected chi connectivity index (χ0v) is 16.9. The first-order chi connectivity index (χ1) is 15.1. The lowest BCUT2D eigenvalue weighted by atomic mass is 9.84. The number of aromatic nitrogens is 3. The predicted octanol–water partition coefficient (Wildman–Crippen LogP) is 3.83. The van der Waals surface area contributed by atoms with Crippen LogP contribution in [0.25, 0.3) is 22.7 Å². The third kappa shape index (κ3) is 4.07. The minimum absolute atomic E-state index is 0.0855. The highest BCUT2D eigenvalue weighted by Gasteiger charge is 2.50. The van der Waals surface area contributed by atoms with E-state index >= 15 is 0 Å². The van der Waals surface area contributed by atoms with Crippen LogP contribution in [-0.2, 0) is 10.3 Å². The Labute approximate surface area is 179 Å². The normalized spacial score (nSPS) is 21.1. The summed E-state index contributed by atoms with van der Waals surface area (Å²) in [6.07, 6.45) is -4.69. The molecule has 0 amide bonds. The molecule has 2 atom stereocenters. The monoisotopic (exact) mass is 451 g/mol. The first-order valence-corrected chi connectivity index (χ1v) is 9.31. The minimum atomic E-state index is -4.69. The van der Waals surface area contributed by atoms with Crippen molar-refractivity contribution in [3.05, 3.63) is 48.0 Å². The van der Waals surface area contributed by atoms with E-state index < -0.39 is 36.1 Å². The Hall–Kier alpha value is -3.70. The van der Waals surface area contributed by atoms with Crippen molar-refractivity contribution in [2.24, 2.45) is 10.7 Å². The van der Waals surface area contributed by atoms with E-state index in [1.807, 2.05) is 0 Å². The third-order valence-electron chi connectivity index (χ3n) is 5.01. The van der Waals surface area contributed by atoms with Crippen molar-refractivity contribution in [3.63, 3.8) is 0 Å². The number of amidine groups is 1. The summed E-state index contributed by atoms with van der Waals surface area (Å²) in [5, 5.41) is 3.93. The van der Waals surface area contributed by atoms with Gasteiger partial charge in [0.15, 0.2) is 11.9 Å². The van der Waals surface area contributed by atoms with Crippen LogP contribution in [-0.4, -0.2) is 40.5 Å². The van der Waals surface area contributed by atoms with Crippen LogP contribution in [0.3, 0.4) is 0 Å². The van der Waals surface area contributed by atoms with E-state index in [1.165, 1.54) is 38.6 Å². The molecule has 1 aliphatic heterocycles. The maximum Gasteiger partial charge on any atom is 0.425 e. The Morgan fingerprint density at radius 2 is 1.94 bits per heavy atom. The number of rotatable bonds is 4. The van der Waals surface area contributed by atoms with Gasteiger partial charge in [0.1, 0.15) is 17.2 Å². The Kier molecular flexibility index (Phi) is 5.23. The van der Waals surface area contributed by atoms with Crippen molar-refractivity contribution in [2.45, 2.75) is 31.2 Å². The highest BCUT2D eigenvalue weighted by molar-refractivity contribution is 5.73. The van der Waals surface area contributed by atoms with Crippen molar-refractivity contribution < 1.29 is 31.6 Å². The Balaban J connectivity index is 1.69. The summed E-state index contributed by atoms with van der Waals surface area (Å²) in [7, 11) is 1.46. The molecular weight excluding hydrogens is 434 g/mol. The minimum Gasteiger partial charge on any atom is -0.480 e. The molecule has 0 aliphatic carbocycles. The van der Waals surface area contributed by atoms with Crippen molar-refractivity contribution >= 4 is 6.02 Å². The molecule has 2 N–H and O–H groups in total. The lowest BCUT2D eigenvalue weighted by Gasteiger charge is -2.36. The molecule has 3 heterocycles. The van der Waals surface area contributed by atoms with Gasteiger partial charge in [-0.1, -0.05) is 5.16 Å². The molecule has 0 fully saturated rings. The molecular formula is C20H17F4N5O3. The second-order valence-electron chi connectivity index (χ2n) is 7.29. The van der Waals surface area contributed by atoms with Crippen LogP contribution >= 0.6 is 0 Å².